The first-order valence-corrected chi connectivity index (χ1v) is 7.41. The zero-order valence-corrected chi connectivity index (χ0v) is 13.3. The maximum atomic E-state index is 8.76. The summed E-state index contributed by atoms with van der Waals surface area (Å²) in [6.07, 6.45) is 10.8. The minimum Gasteiger partial charge on any atom is -0.346 e. The van der Waals surface area contributed by atoms with Gasteiger partial charge in [-0.05, 0) is 38.1 Å². The molecule has 3 aromatic heterocycles. The van der Waals surface area contributed by atoms with Gasteiger partial charge in [-0.15, -0.1) is 0 Å². The summed E-state index contributed by atoms with van der Waals surface area (Å²) < 4.78 is 5.38. The Balaban J connectivity index is 1.93. The first-order chi connectivity index (χ1) is 11.7. The average molecular weight is 317 g/mol. The second-order valence-corrected chi connectivity index (χ2v) is 5.09. The van der Waals surface area contributed by atoms with Crippen LogP contribution in [0.5, 0.6) is 0 Å². The third-order valence-electron chi connectivity index (χ3n) is 3.48. The fourth-order valence-electron chi connectivity index (χ4n) is 2.23. The molecular weight excluding hydrogens is 302 g/mol. The molecule has 3 aromatic rings. The molecule has 0 aliphatic rings. The van der Waals surface area contributed by atoms with E-state index in [0.29, 0.717) is 17.3 Å². The van der Waals surface area contributed by atoms with Crippen LogP contribution in [-0.4, -0.2) is 20.1 Å². The molecule has 0 radical (unpaired) electrons. The summed E-state index contributed by atoms with van der Waals surface area (Å²) in [5.74, 6) is 0.931. The lowest BCUT2D eigenvalue weighted by Gasteiger charge is -1.96. The van der Waals surface area contributed by atoms with Crippen LogP contribution in [0.1, 0.15) is 19.7 Å². The molecule has 0 atom stereocenters. The number of nitrogens with zero attached hydrogens (tertiary/aromatic N) is 4. The van der Waals surface area contributed by atoms with Crippen LogP contribution in [0.4, 0.5) is 0 Å². The van der Waals surface area contributed by atoms with Crippen molar-refractivity contribution in [2.75, 3.05) is 0 Å². The maximum Gasteiger partial charge on any atom is 0.257 e. The molecule has 118 valence electrons. The number of aromatic amines is 1. The van der Waals surface area contributed by atoms with Crippen molar-refractivity contribution in [3.05, 3.63) is 60.3 Å². The molecule has 0 unspecified atom stereocenters. The van der Waals surface area contributed by atoms with Gasteiger partial charge < -0.3 is 9.51 Å². The van der Waals surface area contributed by atoms with Crippen LogP contribution in [-0.2, 0) is 0 Å². The molecular formula is C18H15N5O. The minimum absolute atomic E-state index is 0.423. The van der Waals surface area contributed by atoms with Crippen molar-refractivity contribution in [2.45, 2.75) is 13.8 Å². The highest BCUT2D eigenvalue weighted by atomic mass is 16.5. The summed E-state index contributed by atoms with van der Waals surface area (Å²) in [4.78, 5) is 11.8. The van der Waals surface area contributed by atoms with Crippen molar-refractivity contribution in [2.24, 2.45) is 0 Å². The van der Waals surface area contributed by atoms with Crippen LogP contribution in [0.15, 0.2) is 58.9 Å². The van der Waals surface area contributed by atoms with Crippen LogP contribution in [0, 0.1) is 11.3 Å². The Morgan fingerprint density at radius 3 is 3.04 bits per heavy atom. The topological polar surface area (TPSA) is 91.4 Å². The number of fused-ring (bicyclic) bond motifs is 1. The minimum atomic E-state index is 0.423. The third kappa shape index (κ3) is 3.01. The van der Waals surface area contributed by atoms with Gasteiger partial charge in [-0.2, -0.15) is 10.2 Å². The molecule has 6 nitrogen and oxygen atoms in total. The molecule has 0 bridgehead atoms. The smallest absolute Gasteiger partial charge is 0.257 e. The number of nitriles is 1. The van der Waals surface area contributed by atoms with E-state index in [9.17, 15) is 0 Å². The van der Waals surface area contributed by atoms with E-state index >= 15 is 0 Å². The Morgan fingerprint density at radius 2 is 2.25 bits per heavy atom. The summed E-state index contributed by atoms with van der Waals surface area (Å²) in [7, 11) is 0. The van der Waals surface area contributed by atoms with Crippen molar-refractivity contribution in [3.8, 4) is 17.5 Å². The summed E-state index contributed by atoms with van der Waals surface area (Å²) in [5, 5.41) is 13.8. The number of allylic oxidation sites excluding steroid dienone is 6. The van der Waals surface area contributed by atoms with Crippen molar-refractivity contribution >= 4 is 16.6 Å². The van der Waals surface area contributed by atoms with Gasteiger partial charge in [0, 0.05) is 34.5 Å². The standard InChI is InChI=1S/C18H15N5O/c1-3-13(6-4-5-12(2)11-19)18-22-17(23-24-18)15-8-10-21-16-14(15)7-9-20-16/h3-10H,1-2H3,(H,20,21)/b6-4-,12-5+,13-3+. The summed E-state index contributed by atoms with van der Waals surface area (Å²) in [6, 6.07) is 5.85. The first kappa shape index (κ1) is 15.4. The normalized spacial score (nSPS) is 12.9. The van der Waals surface area contributed by atoms with Crippen molar-refractivity contribution in [3.63, 3.8) is 0 Å². The van der Waals surface area contributed by atoms with Gasteiger partial charge in [-0.25, -0.2) is 4.98 Å². The van der Waals surface area contributed by atoms with Crippen LogP contribution < -0.4 is 0 Å². The van der Waals surface area contributed by atoms with Gasteiger partial charge in [-0.1, -0.05) is 17.3 Å². The van der Waals surface area contributed by atoms with Gasteiger partial charge >= 0.3 is 0 Å². The summed E-state index contributed by atoms with van der Waals surface area (Å²) in [6.45, 7) is 3.64. The van der Waals surface area contributed by atoms with E-state index in [1.807, 2.05) is 37.4 Å². The summed E-state index contributed by atoms with van der Waals surface area (Å²) in [5.41, 5.74) is 3.05. The van der Waals surface area contributed by atoms with E-state index in [1.165, 1.54) is 0 Å². The SMILES string of the molecule is C\C=C(/C=C\C=C(/C)C#N)c1nc(-c2ccnc3[nH]ccc23)no1. The number of hydrogen-bond donors (Lipinski definition) is 1. The zero-order chi connectivity index (χ0) is 16.9. The Hall–Kier alpha value is -3.46. The molecule has 0 aromatic carbocycles. The lowest BCUT2D eigenvalue weighted by Crippen LogP contribution is -1.85. The second kappa shape index (κ2) is 6.75. The van der Waals surface area contributed by atoms with Crippen LogP contribution in [0.25, 0.3) is 28.0 Å². The molecule has 0 amide bonds. The molecule has 0 spiro atoms. The summed E-state index contributed by atoms with van der Waals surface area (Å²) >= 11 is 0. The molecule has 3 rings (SSSR count). The van der Waals surface area contributed by atoms with Crippen LogP contribution in [0.2, 0.25) is 0 Å². The number of pyridine rings is 1. The highest BCUT2D eigenvalue weighted by Crippen LogP contribution is 2.26. The maximum absolute atomic E-state index is 8.76. The Labute approximate surface area is 138 Å². The lowest BCUT2D eigenvalue weighted by atomic mass is 10.2. The van der Waals surface area contributed by atoms with Crippen LogP contribution in [0.3, 0.4) is 0 Å². The fraction of sp³-hybridized carbons (Fsp3) is 0.111. The van der Waals surface area contributed by atoms with Gasteiger partial charge in [0.2, 0.25) is 5.82 Å². The van der Waals surface area contributed by atoms with Gasteiger partial charge in [0.25, 0.3) is 5.89 Å². The van der Waals surface area contributed by atoms with E-state index in [4.69, 9.17) is 9.78 Å². The van der Waals surface area contributed by atoms with Gasteiger partial charge in [0.15, 0.2) is 0 Å². The quantitative estimate of drug-likeness (QED) is 0.579. The van der Waals surface area contributed by atoms with E-state index in [1.54, 1.807) is 25.3 Å². The number of rotatable bonds is 4. The van der Waals surface area contributed by atoms with E-state index in [0.717, 1.165) is 22.2 Å². The number of nitrogens with one attached hydrogen (secondary N) is 1. The molecule has 3 heterocycles. The van der Waals surface area contributed by atoms with E-state index in [2.05, 4.69) is 26.2 Å². The molecule has 0 fully saturated rings. The Morgan fingerprint density at radius 1 is 1.38 bits per heavy atom. The molecule has 0 aliphatic heterocycles. The van der Waals surface area contributed by atoms with Crippen molar-refractivity contribution in [1.82, 2.24) is 20.1 Å². The molecule has 0 saturated heterocycles. The van der Waals surface area contributed by atoms with Crippen molar-refractivity contribution < 1.29 is 4.52 Å². The second-order valence-electron chi connectivity index (χ2n) is 5.09. The monoisotopic (exact) mass is 317 g/mol. The number of aromatic nitrogens is 4. The lowest BCUT2D eigenvalue weighted by molar-refractivity contribution is 0.409. The fourth-order valence-corrected chi connectivity index (χ4v) is 2.23. The molecule has 1 N–H and O–H groups in total. The predicted octanol–water partition coefficient (Wildman–Crippen LogP) is 4.04. The molecule has 0 saturated carbocycles. The molecule has 6 heteroatoms. The number of H-pyrrole nitrogens is 1. The number of hydrogen-bond acceptors (Lipinski definition) is 5. The largest absolute Gasteiger partial charge is 0.346 e. The predicted molar refractivity (Wildman–Crippen MR) is 91.5 cm³/mol. The third-order valence-corrected chi connectivity index (χ3v) is 3.48. The van der Waals surface area contributed by atoms with Gasteiger partial charge in [-0.3, -0.25) is 0 Å². The first-order valence-electron chi connectivity index (χ1n) is 7.41. The van der Waals surface area contributed by atoms with Gasteiger partial charge in [0.1, 0.15) is 5.65 Å². The average Bonchev–Trinajstić information content (AvgIpc) is 3.27. The Bertz CT molecular complexity index is 998. The van der Waals surface area contributed by atoms with E-state index < -0.39 is 0 Å². The van der Waals surface area contributed by atoms with Gasteiger partial charge in [0.05, 0.1) is 6.07 Å². The Kier molecular flexibility index (Phi) is 4.34. The zero-order valence-electron chi connectivity index (χ0n) is 13.3. The molecule has 0 aliphatic carbocycles. The van der Waals surface area contributed by atoms with E-state index in [-0.39, 0.29) is 0 Å². The van der Waals surface area contributed by atoms with Crippen LogP contribution >= 0.6 is 0 Å². The molecule has 24 heavy (non-hydrogen) atoms. The highest BCUT2D eigenvalue weighted by Gasteiger charge is 2.13. The highest BCUT2D eigenvalue weighted by molar-refractivity contribution is 5.90. The van der Waals surface area contributed by atoms with Crippen molar-refractivity contribution in [1.29, 1.82) is 5.26 Å².